The SMILES string of the molecule is COc1cccc(C2(CCCl)C=CCCC2)c1. The van der Waals surface area contributed by atoms with E-state index in [2.05, 4.69) is 30.4 Å². The molecule has 0 heterocycles. The van der Waals surface area contributed by atoms with Gasteiger partial charge in [0.1, 0.15) is 5.75 Å². The minimum Gasteiger partial charge on any atom is -0.497 e. The molecule has 1 aliphatic carbocycles. The van der Waals surface area contributed by atoms with Crippen LogP contribution in [-0.2, 0) is 5.41 Å². The van der Waals surface area contributed by atoms with Gasteiger partial charge in [-0.25, -0.2) is 0 Å². The van der Waals surface area contributed by atoms with E-state index in [9.17, 15) is 0 Å². The average molecular weight is 251 g/mol. The maximum atomic E-state index is 5.98. The summed E-state index contributed by atoms with van der Waals surface area (Å²) in [4.78, 5) is 0. The summed E-state index contributed by atoms with van der Waals surface area (Å²) >= 11 is 5.98. The smallest absolute Gasteiger partial charge is 0.119 e. The number of ether oxygens (including phenoxy) is 1. The fourth-order valence-electron chi connectivity index (χ4n) is 2.62. The maximum Gasteiger partial charge on any atom is 0.119 e. The summed E-state index contributed by atoms with van der Waals surface area (Å²) in [5.41, 5.74) is 1.45. The van der Waals surface area contributed by atoms with Crippen LogP contribution in [0.2, 0.25) is 0 Å². The topological polar surface area (TPSA) is 9.23 Å². The van der Waals surface area contributed by atoms with Crippen LogP contribution in [0.5, 0.6) is 5.75 Å². The molecule has 2 rings (SSSR count). The molecule has 1 aromatic carbocycles. The highest BCUT2D eigenvalue weighted by Gasteiger charge is 2.30. The van der Waals surface area contributed by atoms with Gasteiger partial charge in [-0.05, 0) is 43.4 Å². The second-order valence-electron chi connectivity index (χ2n) is 4.62. The molecule has 1 unspecified atom stereocenters. The van der Waals surface area contributed by atoms with Crippen LogP contribution in [0.3, 0.4) is 0 Å². The van der Waals surface area contributed by atoms with Gasteiger partial charge in [0, 0.05) is 11.3 Å². The zero-order valence-electron chi connectivity index (χ0n) is 10.3. The van der Waals surface area contributed by atoms with Crippen LogP contribution < -0.4 is 4.74 Å². The van der Waals surface area contributed by atoms with Gasteiger partial charge in [0.2, 0.25) is 0 Å². The van der Waals surface area contributed by atoms with E-state index in [1.807, 2.05) is 6.07 Å². The molecule has 0 radical (unpaired) electrons. The van der Waals surface area contributed by atoms with Crippen molar-refractivity contribution in [1.29, 1.82) is 0 Å². The lowest BCUT2D eigenvalue weighted by molar-refractivity contribution is 0.407. The zero-order valence-corrected chi connectivity index (χ0v) is 11.0. The highest BCUT2D eigenvalue weighted by molar-refractivity contribution is 6.17. The molecule has 2 heteroatoms. The summed E-state index contributed by atoms with van der Waals surface area (Å²) in [6, 6.07) is 8.38. The third-order valence-corrected chi connectivity index (χ3v) is 3.80. The molecule has 0 N–H and O–H groups in total. The van der Waals surface area contributed by atoms with Crippen molar-refractivity contribution in [3.63, 3.8) is 0 Å². The molecular formula is C15H19ClO. The lowest BCUT2D eigenvalue weighted by Crippen LogP contribution is -2.26. The van der Waals surface area contributed by atoms with Gasteiger partial charge in [-0.3, -0.25) is 0 Å². The number of allylic oxidation sites excluding steroid dienone is 2. The number of alkyl halides is 1. The molecule has 1 nitrogen and oxygen atoms in total. The van der Waals surface area contributed by atoms with Crippen molar-refractivity contribution in [2.24, 2.45) is 0 Å². The van der Waals surface area contributed by atoms with E-state index in [1.165, 1.54) is 24.8 Å². The number of hydrogen-bond donors (Lipinski definition) is 0. The highest BCUT2D eigenvalue weighted by Crippen LogP contribution is 2.39. The van der Waals surface area contributed by atoms with Crippen LogP contribution in [0.25, 0.3) is 0 Å². The van der Waals surface area contributed by atoms with Gasteiger partial charge >= 0.3 is 0 Å². The van der Waals surface area contributed by atoms with Gasteiger partial charge < -0.3 is 4.74 Å². The van der Waals surface area contributed by atoms with Crippen LogP contribution in [0.4, 0.5) is 0 Å². The molecule has 1 atom stereocenters. The first-order valence-electron chi connectivity index (χ1n) is 6.19. The van der Waals surface area contributed by atoms with Crippen molar-refractivity contribution >= 4 is 11.6 Å². The number of halogens is 1. The second-order valence-corrected chi connectivity index (χ2v) is 5.00. The first kappa shape index (κ1) is 12.5. The Morgan fingerprint density at radius 1 is 1.41 bits per heavy atom. The van der Waals surface area contributed by atoms with Crippen molar-refractivity contribution < 1.29 is 4.74 Å². The Labute approximate surface area is 108 Å². The minimum absolute atomic E-state index is 0.120. The Hall–Kier alpha value is -0.950. The number of hydrogen-bond acceptors (Lipinski definition) is 1. The second kappa shape index (κ2) is 5.59. The van der Waals surface area contributed by atoms with Gasteiger partial charge in [0.15, 0.2) is 0 Å². The van der Waals surface area contributed by atoms with E-state index < -0.39 is 0 Å². The number of methoxy groups -OCH3 is 1. The summed E-state index contributed by atoms with van der Waals surface area (Å²) in [5, 5.41) is 0. The van der Waals surface area contributed by atoms with E-state index >= 15 is 0 Å². The monoisotopic (exact) mass is 250 g/mol. The Balaban J connectivity index is 2.37. The van der Waals surface area contributed by atoms with Crippen molar-refractivity contribution in [2.75, 3.05) is 13.0 Å². The van der Waals surface area contributed by atoms with Crippen LogP contribution in [0.1, 0.15) is 31.2 Å². The zero-order chi connectivity index (χ0) is 12.1. The first-order valence-corrected chi connectivity index (χ1v) is 6.72. The molecule has 0 spiro atoms. The van der Waals surface area contributed by atoms with E-state index in [4.69, 9.17) is 16.3 Å². The normalized spacial score (nSPS) is 23.6. The third-order valence-electron chi connectivity index (χ3n) is 3.62. The Kier molecular flexibility index (Phi) is 4.11. The van der Waals surface area contributed by atoms with Crippen molar-refractivity contribution in [3.05, 3.63) is 42.0 Å². The first-order chi connectivity index (χ1) is 8.30. The molecular weight excluding hydrogens is 232 g/mol. The summed E-state index contributed by atoms with van der Waals surface area (Å²) < 4.78 is 5.31. The Bertz CT molecular complexity index is 400. The average Bonchev–Trinajstić information content (AvgIpc) is 2.40. The molecule has 0 amide bonds. The summed E-state index contributed by atoms with van der Waals surface area (Å²) in [5.74, 6) is 1.62. The summed E-state index contributed by atoms with van der Waals surface area (Å²) in [7, 11) is 1.71. The quantitative estimate of drug-likeness (QED) is 0.572. The Morgan fingerprint density at radius 3 is 2.94 bits per heavy atom. The summed E-state index contributed by atoms with van der Waals surface area (Å²) in [6.07, 6.45) is 9.24. The molecule has 1 aromatic rings. The minimum atomic E-state index is 0.120. The van der Waals surface area contributed by atoms with Gasteiger partial charge in [-0.1, -0.05) is 24.3 Å². The molecule has 92 valence electrons. The van der Waals surface area contributed by atoms with Crippen molar-refractivity contribution in [1.82, 2.24) is 0 Å². The van der Waals surface area contributed by atoms with E-state index in [0.29, 0.717) is 5.88 Å². The fraction of sp³-hybridized carbons (Fsp3) is 0.467. The molecule has 17 heavy (non-hydrogen) atoms. The van der Waals surface area contributed by atoms with E-state index in [-0.39, 0.29) is 5.41 Å². The van der Waals surface area contributed by atoms with Crippen molar-refractivity contribution in [2.45, 2.75) is 31.1 Å². The standard InChI is InChI=1S/C15H19ClO/c1-17-14-7-5-6-13(12-14)15(10-11-16)8-3-2-4-9-15/h3,5-8,12H,2,4,9-11H2,1H3. The third kappa shape index (κ3) is 2.66. The molecule has 0 saturated carbocycles. The predicted octanol–water partition coefficient (Wildman–Crippen LogP) is 4.30. The van der Waals surface area contributed by atoms with Crippen LogP contribution in [-0.4, -0.2) is 13.0 Å². The lowest BCUT2D eigenvalue weighted by Gasteiger charge is -2.33. The van der Waals surface area contributed by atoms with Crippen LogP contribution >= 0.6 is 11.6 Å². The van der Waals surface area contributed by atoms with Crippen LogP contribution in [0.15, 0.2) is 36.4 Å². The van der Waals surface area contributed by atoms with Crippen LogP contribution in [0, 0.1) is 0 Å². The summed E-state index contributed by atoms with van der Waals surface area (Å²) in [6.45, 7) is 0. The molecule has 0 fully saturated rings. The number of rotatable bonds is 4. The molecule has 0 bridgehead atoms. The Morgan fingerprint density at radius 2 is 2.29 bits per heavy atom. The van der Waals surface area contributed by atoms with Crippen molar-refractivity contribution in [3.8, 4) is 5.75 Å². The van der Waals surface area contributed by atoms with Gasteiger partial charge in [-0.15, -0.1) is 11.6 Å². The van der Waals surface area contributed by atoms with E-state index in [0.717, 1.165) is 12.2 Å². The largest absolute Gasteiger partial charge is 0.497 e. The molecule has 0 saturated heterocycles. The highest BCUT2D eigenvalue weighted by atomic mass is 35.5. The molecule has 0 aliphatic heterocycles. The van der Waals surface area contributed by atoms with E-state index in [1.54, 1.807) is 7.11 Å². The van der Waals surface area contributed by atoms with Gasteiger partial charge in [-0.2, -0.15) is 0 Å². The lowest BCUT2D eigenvalue weighted by atomic mass is 9.71. The van der Waals surface area contributed by atoms with Gasteiger partial charge in [0.25, 0.3) is 0 Å². The fourth-order valence-corrected chi connectivity index (χ4v) is 2.96. The molecule has 0 aromatic heterocycles. The predicted molar refractivity (Wildman–Crippen MR) is 73.0 cm³/mol. The molecule has 1 aliphatic rings. The number of benzene rings is 1. The van der Waals surface area contributed by atoms with Gasteiger partial charge in [0.05, 0.1) is 7.11 Å². The maximum absolute atomic E-state index is 5.98.